The van der Waals surface area contributed by atoms with Crippen LogP contribution in [0.2, 0.25) is 0 Å². The second kappa shape index (κ2) is 30.0. The van der Waals surface area contributed by atoms with Crippen LogP contribution >= 0.6 is 0 Å². The molecule has 0 heterocycles. The molecule has 0 fully saturated rings. The second-order valence-corrected chi connectivity index (χ2v) is 18.6. The van der Waals surface area contributed by atoms with Gasteiger partial charge < -0.3 is 52.5 Å². The zero-order valence-corrected chi connectivity index (χ0v) is 49.0. The van der Waals surface area contributed by atoms with Crippen molar-refractivity contribution in [2.45, 2.75) is 94.9 Å². The van der Waals surface area contributed by atoms with E-state index in [1.165, 1.54) is 0 Å². The van der Waals surface area contributed by atoms with Crippen LogP contribution in [-0.4, -0.2) is 78.3 Å². The summed E-state index contributed by atoms with van der Waals surface area (Å²) in [4.78, 5) is 0. The Kier molecular flexibility index (Phi) is 22.5. The van der Waals surface area contributed by atoms with Crippen LogP contribution in [0.15, 0.2) is 121 Å². The fourth-order valence-electron chi connectivity index (χ4n) is 10.4. The average molecular weight is 1090 g/mol. The van der Waals surface area contributed by atoms with E-state index in [2.05, 4.69) is 109 Å². The first kappa shape index (κ1) is 59.9. The van der Waals surface area contributed by atoms with Crippen LogP contribution in [0.5, 0.6) is 57.5 Å². The average Bonchev–Trinajstić information content (AvgIpc) is 3.46. The fourth-order valence-corrected chi connectivity index (χ4v) is 10.4. The largest absolute Gasteiger partial charge is 0.494 e. The minimum atomic E-state index is 0.412. The van der Waals surface area contributed by atoms with Gasteiger partial charge in [-0.1, -0.05) is 60.7 Å². The van der Waals surface area contributed by atoms with Gasteiger partial charge in [0.05, 0.1) is 66.1 Å². The Balaban J connectivity index is 0.00000457. The molecule has 0 atom stereocenters. The summed E-state index contributed by atoms with van der Waals surface area (Å²) < 4.78 is 66.5. The van der Waals surface area contributed by atoms with Crippen molar-refractivity contribution >= 4 is 11.1 Å². The van der Waals surface area contributed by atoms with Crippen molar-refractivity contribution in [3.8, 4) is 57.5 Å². The molecule has 10 aliphatic rings. The van der Waals surface area contributed by atoms with Crippen LogP contribution in [0.3, 0.4) is 0 Å². The van der Waals surface area contributed by atoms with E-state index in [-0.39, 0.29) is 0 Å². The van der Waals surface area contributed by atoms with Crippen LogP contribution in [0.1, 0.15) is 136 Å². The molecule has 17 rings (SSSR count). The number of ether oxygens (including phenoxy) is 10. The molecule has 11 heteroatoms. The van der Waals surface area contributed by atoms with Gasteiger partial charge in [0.25, 0.3) is 0 Å². The zero-order chi connectivity index (χ0) is 57.0. The Morgan fingerprint density at radius 1 is 0.275 bits per heavy atom. The standard InChI is InChI=1S/C68H78O10.CH4O/c1-11-69-57-35-48-32-50-38-62(74-16-6)52(40-60(50)72-14-4)34-54-42-66(78-20-10)56(44-64(54)76-18-8)68(67(45-27-23-21-24-28-45)46-29-25-22-26-30-46)55-43-63(75-17-7)53(41-65(55)77-19-9)33-51-39-59(71-13-3)49(37-61(51)73-15-5)31-47(57)36-58(48)70-12-2;1-2/h21-30,35-44H,11-20,31-34H2,1-10H3;2H,1H3. The number of hydrogen-bond acceptors (Lipinski definition) is 11. The van der Waals surface area contributed by atoms with E-state index in [1.807, 2.05) is 81.4 Å². The van der Waals surface area contributed by atoms with E-state index in [9.17, 15) is 0 Å². The highest BCUT2D eigenvalue weighted by atomic mass is 16.5. The van der Waals surface area contributed by atoms with E-state index in [0.29, 0.717) is 115 Å². The highest BCUT2D eigenvalue weighted by Gasteiger charge is 2.28. The van der Waals surface area contributed by atoms with Gasteiger partial charge >= 0.3 is 0 Å². The third kappa shape index (κ3) is 14.2. The molecule has 424 valence electrons. The van der Waals surface area contributed by atoms with Gasteiger partial charge in [-0.2, -0.15) is 0 Å². The minimum absolute atomic E-state index is 0.412. The summed E-state index contributed by atoms with van der Waals surface area (Å²) in [5, 5.41) is 7.00. The van der Waals surface area contributed by atoms with Crippen molar-refractivity contribution in [1.29, 1.82) is 0 Å². The highest BCUT2D eigenvalue weighted by Crippen LogP contribution is 2.49. The smallest absolute Gasteiger partial charge is 0.127 e. The van der Waals surface area contributed by atoms with Gasteiger partial charge in [0.15, 0.2) is 0 Å². The number of rotatable bonds is 22. The summed E-state index contributed by atoms with van der Waals surface area (Å²) in [6.07, 6.45) is 1.92. The number of hydrogen-bond donors (Lipinski definition) is 1. The molecule has 0 spiro atoms. The minimum Gasteiger partial charge on any atom is -0.494 e. The van der Waals surface area contributed by atoms with Crippen LogP contribution < -0.4 is 47.4 Å². The first-order valence-corrected chi connectivity index (χ1v) is 28.6. The van der Waals surface area contributed by atoms with Crippen molar-refractivity contribution in [2.75, 3.05) is 73.2 Å². The third-order valence-corrected chi connectivity index (χ3v) is 13.5. The predicted octanol–water partition coefficient (Wildman–Crippen LogP) is 15.0. The monoisotopic (exact) mass is 1090 g/mol. The second-order valence-electron chi connectivity index (χ2n) is 18.6. The molecule has 0 amide bonds. The molecule has 1 N–H and O–H groups in total. The first-order chi connectivity index (χ1) is 39.2. The van der Waals surface area contributed by atoms with Gasteiger partial charge in [-0.15, -0.1) is 0 Å². The van der Waals surface area contributed by atoms with Crippen molar-refractivity contribution in [2.24, 2.45) is 0 Å². The number of aliphatic hydroxyl groups is 1. The summed E-state index contributed by atoms with van der Waals surface area (Å²) in [7, 11) is 1.00. The summed E-state index contributed by atoms with van der Waals surface area (Å²) in [5.74, 6) is 7.36. The van der Waals surface area contributed by atoms with Crippen molar-refractivity contribution in [3.63, 3.8) is 0 Å². The van der Waals surface area contributed by atoms with Gasteiger partial charge in [0.1, 0.15) is 57.5 Å². The predicted molar refractivity (Wildman–Crippen MR) is 321 cm³/mol. The van der Waals surface area contributed by atoms with E-state index >= 15 is 0 Å². The lowest BCUT2D eigenvalue weighted by Gasteiger charge is -2.25. The Morgan fingerprint density at radius 2 is 0.463 bits per heavy atom. The zero-order valence-electron chi connectivity index (χ0n) is 49.0. The molecule has 7 aromatic rings. The Labute approximate surface area is 475 Å². The molecule has 80 heavy (non-hydrogen) atoms. The molecule has 0 saturated carbocycles. The molecule has 0 saturated heterocycles. The van der Waals surface area contributed by atoms with E-state index in [4.69, 9.17) is 52.5 Å². The molecule has 10 aliphatic carbocycles. The lowest BCUT2D eigenvalue weighted by atomic mass is 9.83. The van der Waals surface area contributed by atoms with Crippen molar-refractivity contribution in [1.82, 2.24) is 0 Å². The van der Waals surface area contributed by atoms with Crippen molar-refractivity contribution < 1.29 is 52.5 Å². The fraction of sp³-hybridized carbons (Fsp3) is 0.362. The van der Waals surface area contributed by atoms with E-state index in [1.54, 1.807) is 0 Å². The molecule has 0 aromatic heterocycles. The first-order valence-electron chi connectivity index (χ1n) is 28.6. The van der Waals surface area contributed by atoms with E-state index < -0.39 is 0 Å². The molecule has 10 bridgehead atoms. The van der Waals surface area contributed by atoms with Gasteiger partial charge in [-0.25, -0.2) is 0 Å². The Hall–Kier alpha value is -7.76. The maximum Gasteiger partial charge on any atom is 0.127 e. The summed E-state index contributed by atoms with van der Waals surface area (Å²) >= 11 is 0. The van der Waals surface area contributed by atoms with Gasteiger partial charge in [0.2, 0.25) is 0 Å². The molecular formula is C69H82O11. The SMILES string of the molecule is CCOc1cc2c(OCC)cc1Cc1cc(OCC)c(cc1OCC)Cc1cc(OCC)c(cc1OCC)C(=C(c1ccccc1)c1ccccc1)c1cc(OCC)c(cc1OCC)Cc1cc(OCC)c(cc1OCC)C2.CO. The van der Waals surface area contributed by atoms with Gasteiger partial charge in [0, 0.05) is 94.0 Å². The number of aliphatic hydroxyl groups excluding tert-OH is 1. The van der Waals surface area contributed by atoms with E-state index in [0.717, 1.165) is 120 Å². The summed E-state index contributed by atoms with van der Waals surface area (Å²) in [6.45, 7) is 24.7. The molecule has 11 nitrogen and oxygen atoms in total. The maximum absolute atomic E-state index is 7.00. The third-order valence-electron chi connectivity index (χ3n) is 13.5. The lowest BCUT2D eigenvalue weighted by molar-refractivity contribution is 0.320. The summed E-state index contributed by atoms with van der Waals surface area (Å²) in [6, 6.07) is 42.4. The van der Waals surface area contributed by atoms with Crippen molar-refractivity contribution in [3.05, 3.63) is 188 Å². The quantitative estimate of drug-likeness (QED) is 0.0700. The molecular weight excluding hydrogens is 1000 g/mol. The highest BCUT2D eigenvalue weighted by molar-refractivity contribution is 6.07. The molecule has 0 aliphatic heterocycles. The Morgan fingerprint density at radius 3 is 0.675 bits per heavy atom. The van der Waals surface area contributed by atoms with Crippen LogP contribution in [0, 0.1) is 0 Å². The van der Waals surface area contributed by atoms with Gasteiger partial charge in [-0.3, -0.25) is 0 Å². The topological polar surface area (TPSA) is 113 Å². The molecule has 7 aromatic carbocycles. The molecule has 0 unspecified atom stereocenters. The lowest BCUT2D eigenvalue weighted by Crippen LogP contribution is -2.09. The maximum atomic E-state index is 7.00. The summed E-state index contributed by atoms with van der Waals surface area (Å²) in [5.41, 5.74) is 13.2. The van der Waals surface area contributed by atoms with Crippen LogP contribution in [0.25, 0.3) is 11.1 Å². The molecule has 0 radical (unpaired) electrons. The Bertz CT molecular complexity index is 2940. The number of benzene rings is 7. The van der Waals surface area contributed by atoms with Gasteiger partial charge in [-0.05, 0) is 147 Å². The van der Waals surface area contributed by atoms with Crippen LogP contribution in [0.4, 0.5) is 0 Å². The normalized spacial score (nSPS) is 11.8. The van der Waals surface area contributed by atoms with Crippen LogP contribution in [-0.2, 0) is 25.7 Å².